The molecule has 132 valence electrons. The Morgan fingerprint density at radius 3 is 2.65 bits per heavy atom. The summed E-state index contributed by atoms with van der Waals surface area (Å²) in [6.07, 6.45) is -2.00. The van der Waals surface area contributed by atoms with Crippen LogP contribution in [0.3, 0.4) is 0 Å². The molecule has 0 radical (unpaired) electrons. The SMILES string of the molecule is CCCNC(=NCc1ccnc(OCC(F)(F)F)c1)NCC.I. The number of pyridine rings is 1. The molecule has 0 amide bonds. The lowest BCUT2D eigenvalue weighted by molar-refractivity contribution is -0.154. The molecule has 23 heavy (non-hydrogen) atoms. The van der Waals surface area contributed by atoms with Gasteiger partial charge in [0.2, 0.25) is 5.88 Å². The van der Waals surface area contributed by atoms with Crippen LogP contribution in [-0.2, 0) is 6.54 Å². The lowest BCUT2D eigenvalue weighted by Crippen LogP contribution is -2.37. The number of nitrogens with one attached hydrogen (secondary N) is 2. The van der Waals surface area contributed by atoms with Gasteiger partial charge in [-0.05, 0) is 25.0 Å². The van der Waals surface area contributed by atoms with Crippen LogP contribution in [0, 0.1) is 0 Å². The zero-order valence-corrected chi connectivity index (χ0v) is 15.4. The second-order valence-electron chi connectivity index (χ2n) is 4.53. The predicted octanol–water partition coefficient (Wildman–Crippen LogP) is 3.11. The van der Waals surface area contributed by atoms with Gasteiger partial charge in [-0.15, -0.1) is 24.0 Å². The van der Waals surface area contributed by atoms with Crippen LogP contribution >= 0.6 is 24.0 Å². The molecule has 5 nitrogen and oxygen atoms in total. The van der Waals surface area contributed by atoms with Crippen molar-refractivity contribution in [3.63, 3.8) is 0 Å². The van der Waals surface area contributed by atoms with Crippen LogP contribution in [0.25, 0.3) is 0 Å². The number of hydrogen-bond acceptors (Lipinski definition) is 3. The average Bonchev–Trinajstić information content (AvgIpc) is 2.48. The molecule has 2 N–H and O–H groups in total. The third-order valence-corrected chi connectivity index (χ3v) is 2.49. The molecule has 0 spiro atoms. The minimum Gasteiger partial charge on any atom is -0.468 e. The Balaban J connectivity index is 0.00000484. The van der Waals surface area contributed by atoms with Crippen LogP contribution in [0.2, 0.25) is 0 Å². The van der Waals surface area contributed by atoms with Gasteiger partial charge in [-0.1, -0.05) is 6.92 Å². The summed E-state index contributed by atoms with van der Waals surface area (Å²) in [6.45, 7) is 4.49. The minimum absolute atomic E-state index is 0. The van der Waals surface area contributed by atoms with E-state index < -0.39 is 12.8 Å². The molecule has 0 unspecified atom stereocenters. The van der Waals surface area contributed by atoms with Crippen LogP contribution in [0.15, 0.2) is 23.3 Å². The van der Waals surface area contributed by atoms with E-state index in [0.717, 1.165) is 25.1 Å². The van der Waals surface area contributed by atoms with E-state index in [-0.39, 0.29) is 29.9 Å². The zero-order valence-electron chi connectivity index (χ0n) is 13.1. The van der Waals surface area contributed by atoms with Gasteiger partial charge >= 0.3 is 6.18 Å². The van der Waals surface area contributed by atoms with Gasteiger partial charge in [0.1, 0.15) is 0 Å². The Hall–Kier alpha value is -1.26. The summed E-state index contributed by atoms with van der Waals surface area (Å²) in [5.41, 5.74) is 0.723. The molecule has 1 rings (SSSR count). The van der Waals surface area contributed by atoms with Crippen LogP contribution in [0.1, 0.15) is 25.8 Å². The van der Waals surface area contributed by atoms with E-state index in [2.05, 4.69) is 25.3 Å². The van der Waals surface area contributed by atoms with Gasteiger partial charge in [-0.2, -0.15) is 13.2 Å². The third kappa shape index (κ3) is 10.2. The van der Waals surface area contributed by atoms with Crippen LogP contribution < -0.4 is 15.4 Å². The van der Waals surface area contributed by atoms with Crippen molar-refractivity contribution in [1.29, 1.82) is 0 Å². The first kappa shape index (κ1) is 21.7. The van der Waals surface area contributed by atoms with Gasteiger partial charge in [0.25, 0.3) is 0 Å². The Labute approximate surface area is 151 Å². The third-order valence-electron chi connectivity index (χ3n) is 2.49. The number of halogens is 4. The van der Waals surface area contributed by atoms with E-state index >= 15 is 0 Å². The largest absolute Gasteiger partial charge is 0.468 e. The van der Waals surface area contributed by atoms with Gasteiger partial charge in [-0.3, -0.25) is 0 Å². The molecule has 1 aromatic rings. The summed E-state index contributed by atoms with van der Waals surface area (Å²) >= 11 is 0. The fourth-order valence-electron chi connectivity index (χ4n) is 1.54. The minimum atomic E-state index is -4.38. The molecule has 0 saturated carbocycles. The summed E-state index contributed by atoms with van der Waals surface area (Å²) < 4.78 is 40.9. The molecule has 0 fully saturated rings. The number of alkyl halides is 3. The van der Waals surface area contributed by atoms with Gasteiger partial charge in [0.15, 0.2) is 12.6 Å². The van der Waals surface area contributed by atoms with Crippen LogP contribution in [0.4, 0.5) is 13.2 Å². The van der Waals surface area contributed by atoms with Crippen molar-refractivity contribution in [3.05, 3.63) is 23.9 Å². The number of aromatic nitrogens is 1. The smallest absolute Gasteiger partial charge is 0.422 e. The second-order valence-corrected chi connectivity index (χ2v) is 4.53. The molecular weight excluding hydrogens is 424 g/mol. The molecule has 0 aromatic carbocycles. The van der Waals surface area contributed by atoms with Crippen LogP contribution in [0.5, 0.6) is 5.88 Å². The molecule has 0 bridgehead atoms. The standard InChI is InChI=1S/C14H21F3N4O.HI/c1-3-6-20-13(18-4-2)21-9-11-5-7-19-12(8-11)22-10-14(15,16)17;/h5,7-8H,3-4,6,9-10H2,1-2H3,(H2,18,20,21);1H. The van der Waals surface area contributed by atoms with E-state index in [1.165, 1.54) is 12.3 Å². The summed E-state index contributed by atoms with van der Waals surface area (Å²) in [7, 11) is 0. The summed E-state index contributed by atoms with van der Waals surface area (Å²) in [4.78, 5) is 8.11. The maximum atomic E-state index is 12.1. The monoisotopic (exact) mass is 446 g/mol. The van der Waals surface area contributed by atoms with Crippen molar-refractivity contribution in [2.75, 3.05) is 19.7 Å². The highest BCUT2D eigenvalue weighted by Gasteiger charge is 2.28. The summed E-state index contributed by atoms with van der Waals surface area (Å²) in [5.74, 6) is 0.607. The van der Waals surface area contributed by atoms with Crippen molar-refractivity contribution in [3.8, 4) is 5.88 Å². The molecule has 0 aliphatic heterocycles. The number of guanidine groups is 1. The number of nitrogens with zero attached hydrogens (tertiary/aromatic N) is 2. The quantitative estimate of drug-likeness (QED) is 0.384. The summed E-state index contributed by atoms with van der Waals surface area (Å²) in [5, 5.41) is 6.23. The van der Waals surface area contributed by atoms with Crippen molar-refractivity contribution in [2.24, 2.45) is 4.99 Å². The van der Waals surface area contributed by atoms with Gasteiger partial charge in [-0.25, -0.2) is 9.98 Å². The molecular formula is C14H22F3IN4O. The zero-order chi connectivity index (χ0) is 16.4. The van der Waals surface area contributed by atoms with E-state index in [0.29, 0.717) is 12.5 Å². The topological polar surface area (TPSA) is 58.5 Å². The average molecular weight is 446 g/mol. The van der Waals surface area contributed by atoms with Gasteiger partial charge in [0.05, 0.1) is 6.54 Å². The van der Waals surface area contributed by atoms with E-state index in [1.807, 2.05) is 13.8 Å². The van der Waals surface area contributed by atoms with E-state index in [1.54, 1.807) is 6.07 Å². The fourth-order valence-corrected chi connectivity index (χ4v) is 1.54. The Morgan fingerprint density at radius 2 is 2.04 bits per heavy atom. The summed E-state index contributed by atoms with van der Waals surface area (Å²) in [6, 6.07) is 3.14. The molecule has 0 atom stereocenters. The Bertz CT molecular complexity index is 483. The molecule has 0 aliphatic carbocycles. The fraction of sp³-hybridized carbons (Fsp3) is 0.571. The first-order valence-corrected chi connectivity index (χ1v) is 7.11. The first-order valence-electron chi connectivity index (χ1n) is 7.11. The number of ether oxygens (including phenoxy) is 1. The number of rotatable bonds is 7. The molecule has 9 heteroatoms. The predicted molar refractivity (Wildman–Crippen MR) is 94.3 cm³/mol. The maximum Gasteiger partial charge on any atom is 0.422 e. The second kappa shape index (κ2) is 11.3. The van der Waals surface area contributed by atoms with Crippen molar-refractivity contribution < 1.29 is 17.9 Å². The maximum absolute atomic E-state index is 12.1. The molecule has 0 aliphatic rings. The van der Waals surface area contributed by atoms with E-state index in [4.69, 9.17) is 0 Å². The normalized spacial score (nSPS) is 11.6. The van der Waals surface area contributed by atoms with Crippen molar-refractivity contribution in [1.82, 2.24) is 15.6 Å². The lowest BCUT2D eigenvalue weighted by Gasteiger charge is -2.11. The van der Waals surface area contributed by atoms with Gasteiger partial charge in [0, 0.05) is 25.4 Å². The lowest BCUT2D eigenvalue weighted by atomic mass is 10.3. The molecule has 1 aromatic heterocycles. The highest BCUT2D eigenvalue weighted by atomic mass is 127. The van der Waals surface area contributed by atoms with E-state index in [9.17, 15) is 13.2 Å². The highest BCUT2D eigenvalue weighted by molar-refractivity contribution is 14.0. The number of aliphatic imine (C=N–C) groups is 1. The Morgan fingerprint density at radius 1 is 1.30 bits per heavy atom. The first-order chi connectivity index (χ1) is 10.4. The molecule has 1 heterocycles. The Kier molecular flexibility index (Phi) is 10.7. The van der Waals surface area contributed by atoms with Crippen molar-refractivity contribution >= 4 is 29.9 Å². The highest BCUT2D eigenvalue weighted by Crippen LogP contribution is 2.17. The van der Waals surface area contributed by atoms with Crippen LogP contribution in [-0.4, -0.2) is 36.8 Å². The van der Waals surface area contributed by atoms with Crippen molar-refractivity contribution in [2.45, 2.75) is 33.0 Å². The van der Waals surface area contributed by atoms with Gasteiger partial charge < -0.3 is 15.4 Å². The molecule has 0 saturated heterocycles. The number of hydrogen-bond donors (Lipinski definition) is 2.